The first-order chi connectivity index (χ1) is 11.2. The number of allylic oxidation sites excluding steroid dienone is 1. The van der Waals surface area contributed by atoms with Gasteiger partial charge in [0.2, 0.25) is 5.78 Å². The Kier molecular flexibility index (Phi) is 3.71. The van der Waals surface area contributed by atoms with Crippen LogP contribution in [0.1, 0.15) is 16.1 Å². The van der Waals surface area contributed by atoms with Gasteiger partial charge in [-0.15, -0.1) is 0 Å². The lowest BCUT2D eigenvalue weighted by atomic mass is 10.1. The Hall–Kier alpha value is -2.04. The second-order valence-corrected chi connectivity index (χ2v) is 7.14. The number of halogens is 1. The summed E-state index contributed by atoms with van der Waals surface area (Å²) in [6.07, 6.45) is 1.81. The van der Waals surface area contributed by atoms with Crippen molar-refractivity contribution in [3.8, 4) is 11.3 Å². The number of hydrogen-bond acceptors (Lipinski definition) is 3. The molecule has 0 spiro atoms. The van der Waals surface area contributed by atoms with Crippen LogP contribution in [0.2, 0.25) is 0 Å². The van der Waals surface area contributed by atoms with E-state index >= 15 is 0 Å². The number of carbonyl (C=O) groups is 1. The van der Waals surface area contributed by atoms with Gasteiger partial charge in [0.05, 0.1) is 4.91 Å². The standard InChI is InChI=1S/C19H11BrO2S/c20-13-7-5-12(6-8-13)16-10-9-14(22-16)11-18-19(21)15-3-1-2-4-17(15)23-18/h1-11H/b18-11-. The fourth-order valence-corrected chi connectivity index (χ4v) is 3.76. The molecule has 1 aliphatic heterocycles. The Morgan fingerprint density at radius 2 is 1.74 bits per heavy atom. The third-order valence-corrected chi connectivity index (χ3v) is 5.23. The molecule has 2 nitrogen and oxygen atoms in total. The highest BCUT2D eigenvalue weighted by molar-refractivity contribution is 9.10. The average Bonchev–Trinajstić information content (AvgIpc) is 3.15. The molecule has 0 saturated carbocycles. The fourth-order valence-electron chi connectivity index (χ4n) is 2.46. The second kappa shape index (κ2) is 5.87. The zero-order valence-corrected chi connectivity index (χ0v) is 14.4. The van der Waals surface area contributed by atoms with Crippen molar-refractivity contribution >= 4 is 39.6 Å². The summed E-state index contributed by atoms with van der Waals surface area (Å²) in [4.78, 5) is 14.1. The van der Waals surface area contributed by atoms with Crippen LogP contribution in [0.4, 0.5) is 0 Å². The summed E-state index contributed by atoms with van der Waals surface area (Å²) in [5, 5.41) is 0. The van der Waals surface area contributed by atoms with Gasteiger partial charge in [-0.3, -0.25) is 4.79 Å². The van der Waals surface area contributed by atoms with E-state index in [1.165, 1.54) is 11.8 Å². The number of carbonyl (C=O) groups excluding carboxylic acids is 1. The highest BCUT2D eigenvalue weighted by atomic mass is 79.9. The van der Waals surface area contributed by atoms with Gasteiger partial charge in [0.1, 0.15) is 11.5 Å². The zero-order chi connectivity index (χ0) is 15.8. The molecule has 0 radical (unpaired) electrons. The van der Waals surface area contributed by atoms with Crippen LogP contribution in [0.15, 0.2) is 79.4 Å². The van der Waals surface area contributed by atoms with Crippen LogP contribution in [0, 0.1) is 0 Å². The normalized spacial score (nSPS) is 15.2. The third-order valence-electron chi connectivity index (χ3n) is 3.60. The summed E-state index contributed by atoms with van der Waals surface area (Å²) in [7, 11) is 0. The Balaban J connectivity index is 1.64. The van der Waals surface area contributed by atoms with E-state index in [9.17, 15) is 4.79 Å². The van der Waals surface area contributed by atoms with Crippen LogP contribution < -0.4 is 0 Å². The monoisotopic (exact) mass is 382 g/mol. The summed E-state index contributed by atoms with van der Waals surface area (Å²) in [6, 6.07) is 19.4. The first-order valence-corrected chi connectivity index (χ1v) is 8.71. The Labute approximate surface area is 146 Å². The predicted molar refractivity (Wildman–Crippen MR) is 96.5 cm³/mol. The van der Waals surface area contributed by atoms with E-state index in [1.54, 1.807) is 0 Å². The van der Waals surface area contributed by atoms with E-state index in [4.69, 9.17) is 4.42 Å². The van der Waals surface area contributed by atoms with Gasteiger partial charge in [-0.1, -0.05) is 52.0 Å². The van der Waals surface area contributed by atoms with Crippen LogP contribution >= 0.6 is 27.7 Å². The summed E-state index contributed by atoms with van der Waals surface area (Å²) >= 11 is 4.91. The Morgan fingerprint density at radius 1 is 0.957 bits per heavy atom. The maximum absolute atomic E-state index is 12.4. The average molecular weight is 383 g/mol. The van der Waals surface area contributed by atoms with Gasteiger partial charge >= 0.3 is 0 Å². The number of rotatable bonds is 2. The summed E-state index contributed by atoms with van der Waals surface area (Å²) in [5.74, 6) is 1.54. The number of ketones is 1. The van der Waals surface area contributed by atoms with E-state index in [2.05, 4.69) is 15.9 Å². The molecule has 1 aromatic heterocycles. The first-order valence-electron chi connectivity index (χ1n) is 7.10. The van der Waals surface area contributed by atoms with Crippen LogP contribution in [0.25, 0.3) is 17.4 Å². The third kappa shape index (κ3) is 2.80. The minimum absolute atomic E-state index is 0.0622. The molecular formula is C19H11BrO2S. The van der Waals surface area contributed by atoms with E-state index in [0.29, 0.717) is 10.7 Å². The largest absolute Gasteiger partial charge is 0.457 e. The van der Waals surface area contributed by atoms with Gasteiger partial charge in [-0.25, -0.2) is 0 Å². The molecule has 2 heterocycles. The van der Waals surface area contributed by atoms with Crippen molar-refractivity contribution in [1.29, 1.82) is 0 Å². The lowest BCUT2D eigenvalue weighted by molar-refractivity contribution is 0.104. The molecule has 112 valence electrons. The SMILES string of the molecule is O=C1/C(=C/c2ccc(-c3ccc(Br)cc3)o2)Sc2ccccc21. The van der Waals surface area contributed by atoms with Gasteiger partial charge < -0.3 is 4.42 Å². The van der Waals surface area contributed by atoms with Gasteiger partial charge in [-0.2, -0.15) is 0 Å². The van der Waals surface area contributed by atoms with Crippen LogP contribution in [0.5, 0.6) is 0 Å². The molecule has 0 amide bonds. The van der Waals surface area contributed by atoms with Gasteiger partial charge in [-0.05, 0) is 42.5 Å². The predicted octanol–water partition coefficient (Wildman–Crippen LogP) is 6.04. The molecule has 2 aromatic carbocycles. The summed E-state index contributed by atoms with van der Waals surface area (Å²) in [5.41, 5.74) is 1.77. The molecule has 1 aliphatic rings. The molecule has 0 aliphatic carbocycles. The maximum Gasteiger partial charge on any atom is 0.200 e. The minimum atomic E-state index is 0.0622. The highest BCUT2D eigenvalue weighted by Crippen LogP contribution is 2.40. The number of Topliss-reactive ketones (excluding diaryl/α,β-unsaturated/α-hetero) is 1. The van der Waals surface area contributed by atoms with Crippen molar-refractivity contribution in [2.45, 2.75) is 4.90 Å². The molecule has 23 heavy (non-hydrogen) atoms. The van der Waals surface area contributed by atoms with E-state index in [-0.39, 0.29) is 5.78 Å². The van der Waals surface area contributed by atoms with Crippen LogP contribution in [0.3, 0.4) is 0 Å². The van der Waals surface area contributed by atoms with Crippen LogP contribution in [-0.4, -0.2) is 5.78 Å². The molecule has 3 aromatic rings. The van der Waals surface area contributed by atoms with E-state index in [0.717, 1.165) is 26.3 Å². The lowest BCUT2D eigenvalue weighted by Crippen LogP contribution is -1.93. The van der Waals surface area contributed by atoms with Crippen molar-refractivity contribution in [1.82, 2.24) is 0 Å². The van der Waals surface area contributed by atoms with Crippen molar-refractivity contribution in [3.63, 3.8) is 0 Å². The van der Waals surface area contributed by atoms with Gasteiger partial charge in [0.25, 0.3) is 0 Å². The number of benzene rings is 2. The number of furan rings is 1. The highest BCUT2D eigenvalue weighted by Gasteiger charge is 2.25. The Bertz CT molecular complexity index is 923. The van der Waals surface area contributed by atoms with E-state index in [1.807, 2.05) is 66.7 Å². The molecule has 0 saturated heterocycles. The van der Waals surface area contributed by atoms with Crippen molar-refractivity contribution in [2.24, 2.45) is 0 Å². The summed E-state index contributed by atoms with van der Waals surface area (Å²) < 4.78 is 6.89. The molecule has 4 rings (SSSR count). The first kappa shape index (κ1) is 14.5. The molecule has 4 heteroatoms. The maximum atomic E-state index is 12.4. The molecule has 0 fully saturated rings. The molecule has 0 unspecified atom stereocenters. The number of fused-ring (bicyclic) bond motifs is 1. The van der Waals surface area contributed by atoms with Gasteiger partial charge in [0, 0.05) is 20.5 Å². The van der Waals surface area contributed by atoms with Crippen LogP contribution in [-0.2, 0) is 0 Å². The molecular weight excluding hydrogens is 372 g/mol. The lowest BCUT2D eigenvalue weighted by Gasteiger charge is -1.97. The van der Waals surface area contributed by atoms with Crippen molar-refractivity contribution in [2.75, 3.05) is 0 Å². The zero-order valence-electron chi connectivity index (χ0n) is 12.0. The van der Waals surface area contributed by atoms with Crippen molar-refractivity contribution < 1.29 is 9.21 Å². The van der Waals surface area contributed by atoms with E-state index < -0.39 is 0 Å². The Morgan fingerprint density at radius 3 is 2.52 bits per heavy atom. The quantitative estimate of drug-likeness (QED) is 0.506. The fraction of sp³-hybridized carbons (Fsp3) is 0. The second-order valence-electron chi connectivity index (χ2n) is 5.14. The van der Waals surface area contributed by atoms with Crippen molar-refractivity contribution in [3.05, 3.63) is 81.4 Å². The minimum Gasteiger partial charge on any atom is -0.457 e. The number of thioether (sulfide) groups is 1. The smallest absolute Gasteiger partial charge is 0.200 e. The molecule has 0 atom stereocenters. The topological polar surface area (TPSA) is 30.2 Å². The van der Waals surface area contributed by atoms with Gasteiger partial charge in [0.15, 0.2) is 0 Å². The molecule has 0 bridgehead atoms. The number of hydrogen-bond donors (Lipinski definition) is 0. The molecule has 0 N–H and O–H groups in total. The summed E-state index contributed by atoms with van der Waals surface area (Å²) in [6.45, 7) is 0.